The van der Waals surface area contributed by atoms with E-state index in [-0.39, 0.29) is 35.6 Å². The molecule has 2 saturated heterocycles. The Kier molecular flexibility index (Phi) is 2.21. The quantitative estimate of drug-likeness (QED) is 0.330. The van der Waals surface area contributed by atoms with E-state index in [4.69, 9.17) is 13.7 Å². The molecule has 4 fully saturated rings. The molecule has 5 aliphatic rings. The third kappa shape index (κ3) is 1.48. The van der Waals surface area contributed by atoms with Crippen LogP contribution in [0.4, 0.5) is 0 Å². The minimum Gasteiger partial charge on any atom is -0.465 e. The molecule has 2 aliphatic heterocycles. The molecule has 23 heavy (non-hydrogen) atoms. The van der Waals surface area contributed by atoms with Gasteiger partial charge < -0.3 is 9.47 Å². The van der Waals surface area contributed by atoms with Gasteiger partial charge in [-0.2, -0.15) is 8.42 Å². The van der Waals surface area contributed by atoms with E-state index in [1.165, 1.54) is 5.57 Å². The van der Waals surface area contributed by atoms with Gasteiger partial charge in [0.1, 0.15) is 11.7 Å². The fraction of sp³-hybridized carbons (Fsp3) is 0.812. The number of rotatable bonds is 3. The number of ether oxygens (including phenoxy) is 2. The van der Waals surface area contributed by atoms with Crippen LogP contribution in [0.25, 0.3) is 0 Å². The molecule has 2 saturated carbocycles. The fourth-order valence-corrected chi connectivity index (χ4v) is 6.20. The van der Waals surface area contributed by atoms with Crippen molar-refractivity contribution in [3.63, 3.8) is 0 Å². The third-order valence-electron chi connectivity index (χ3n) is 6.55. The van der Waals surface area contributed by atoms with Gasteiger partial charge in [0, 0.05) is 11.3 Å². The van der Waals surface area contributed by atoms with Crippen molar-refractivity contribution in [2.24, 2.45) is 22.2 Å². The van der Waals surface area contributed by atoms with Gasteiger partial charge >= 0.3 is 5.97 Å². The molecule has 0 aromatic rings. The predicted molar refractivity (Wildman–Crippen MR) is 78.8 cm³/mol. The van der Waals surface area contributed by atoms with Crippen molar-refractivity contribution in [1.29, 1.82) is 0 Å². The molecule has 3 aliphatic carbocycles. The van der Waals surface area contributed by atoms with E-state index in [1.54, 1.807) is 0 Å². The number of hydrogen-bond acceptors (Lipinski definition) is 6. The molecule has 2 heterocycles. The summed E-state index contributed by atoms with van der Waals surface area (Å²) in [5.41, 5.74) is -0.304. The molecule has 5 rings (SSSR count). The highest BCUT2D eigenvalue weighted by atomic mass is 32.2. The molecule has 0 aromatic heterocycles. The van der Waals surface area contributed by atoms with Crippen molar-refractivity contribution < 1.29 is 26.9 Å². The summed E-state index contributed by atoms with van der Waals surface area (Å²) in [5.74, 6) is -0.215. The summed E-state index contributed by atoms with van der Waals surface area (Å²) >= 11 is 0. The lowest BCUT2D eigenvalue weighted by Crippen LogP contribution is -2.43. The average molecular weight is 340 g/mol. The topological polar surface area (TPSA) is 82.2 Å². The van der Waals surface area contributed by atoms with Crippen LogP contribution in [0.5, 0.6) is 0 Å². The molecule has 0 aromatic carbocycles. The zero-order chi connectivity index (χ0) is 16.5. The second-order valence-corrected chi connectivity index (χ2v) is 10.2. The summed E-state index contributed by atoms with van der Waals surface area (Å²) < 4.78 is 39.6. The van der Waals surface area contributed by atoms with Crippen molar-refractivity contribution in [3.05, 3.63) is 11.6 Å². The molecule has 0 N–H and O–H groups in total. The van der Waals surface area contributed by atoms with Gasteiger partial charge in [0.25, 0.3) is 10.1 Å². The number of carbonyl (C=O) groups is 1. The first-order chi connectivity index (χ1) is 10.6. The SMILES string of the molecule is CC1(C)C=C2[C@@H]3COC(=O)[C@@]34C[C@@]4(COS(C)(=O)=O)[C@@H]3O[C@]23C1. The van der Waals surface area contributed by atoms with Crippen LogP contribution in [0.3, 0.4) is 0 Å². The van der Waals surface area contributed by atoms with Gasteiger partial charge in [-0.25, -0.2) is 0 Å². The maximum absolute atomic E-state index is 12.5. The molecule has 7 heteroatoms. The first kappa shape index (κ1) is 14.4. The number of fused-ring (bicyclic) bond motifs is 2. The van der Waals surface area contributed by atoms with Crippen LogP contribution >= 0.6 is 0 Å². The summed E-state index contributed by atoms with van der Waals surface area (Å²) in [6.45, 7) is 4.72. The molecular weight excluding hydrogens is 320 g/mol. The van der Waals surface area contributed by atoms with Crippen molar-refractivity contribution in [3.8, 4) is 0 Å². The molecule has 0 radical (unpaired) electrons. The highest BCUT2D eigenvalue weighted by Gasteiger charge is 2.93. The smallest absolute Gasteiger partial charge is 0.313 e. The summed E-state index contributed by atoms with van der Waals surface area (Å²) in [5, 5.41) is 0. The molecular formula is C16H20O6S. The molecule has 0 bridgehead atoms. The van der Waals surface area contributed by atoms with Gasteiger partial charge in [-0.15, -0.1) is 0 Å². The Morgan fingerprint density at radius 3 is 2.78 bits per heavy atom. The molecule has 0 unspecified atom stereocenters. The molecule has 2 spiro atoms. The normalized spacial score (nSPS) is 51.1. The van der Waals surface area contributed by atoms with Gasteiger partial charge in [-0.1, -0.05) is 19.9 Å². The van der Waals surface area contributed by atoms with E-state index in [9.17, 15) is 13.2 Å². The van der Waals surface area contributed by atoms with Crippen LogP contribution in [0, 0.1) is 22.2 Å². The summed E-state index contributed by atoms with van der Waals surface area (Å²) in [6.07, 6.45) is 4.64. The maximum atomic E-state index is 12.5. The maximum Gasteiger partial charge on any atom is 0.313 e. The minimum atomic E-state index is -3.56. The standard InChI is InChI=1S/C16H20O6S/c1-13(2)4-9-10-5-20-12(17)15(10)7-14(15,8-21-23(3,18)19)11-16(9,6-13)22-11/h4,10-11H,5-8H2,1-3H3/t10-,11-,14+,15+,16+/m0/s1. The van der Waals surface area contributed by atoms with E-state index in [1.807, 2.05) is 0 Å². The Morgan fingerprint density at radius 2 is 2.09 bits per heavy atom. The zero-order valence-electron chi connectivity index (χ0n) is 13.4. The van der Waals surface area contributed by atoms with Crippen molar-refractivity contribution in [2.75, 3.05) is 19.5 Å². The lowest BCUT2D eigenvalue weighted by molar-refractivity contribution is -0.144. The van der Waals surface area contributed by atoms with Crippen LogP contribution < -0.4 is 0 Å². The molecule has 6 nitrogen and oxygen atoms in total. The van der Waals surface area contributed by atoms with Crippen LogP contribution in [-0.2, 0) is 28.6 Å². The van der Waals surface area contributed by atoms with Crippen LogP contribution in [-0.4, -0.2) is 45.6 Å². The van der Waals surface area contributed by atoms with E-state index >= 15 is 0 Å². The third-order valence-corrected chi connectivity index (χ3v) is 7.10. The van der Waals surface area contributed by atoms with E-state index in [2.05, 4.69) is 19.9 Å². The Labute approximate surface area is 135 Å². The Balaban J connectivity index is 1.60. The Hall–Kier alpha value is -0.920. The number of epoxide rings is 1. The minimum absolute atomic E-state index is 0.00122. The van der Waals surface area contributed by atoms with Gasteiger partial charge in [-0.05, 0) is 23.8 Å². The lowest BCUT2D eigenvalue weighted by Gasteiger charge is -2.31. The number of carbonyl (C=O) groups excluding carboxylic acids is 1. The van der Waals surface area contributed by atoms with Crippen molar-refractivity contribution >= 4 is 16.1 Å². The summed E-state index contributed by atoms with van der Waals surface area (Å²) in [6, 6.07) is 0. The van der Waals surface area contributed by atoms with E-state index in [0.717, 1.165) is 12.7 Å². The Bertz CT molecular complexity index is 782. The van der Waals surface area contributed by atoms with Crippen LogP contribution in [0.15, 0.2) is 11.6 Å². The monoisotopic (exact) mass is 340 g/mol. The number of hydrogen-bond donors (Lipinski definition) is 0. The van der Waals surface area contributed by atoms with Gasteiger partial charge in [0.2, 0.25) is 0 Å². The van der Waals surface area contributed by atoms with Crippen LogP contribution in [0.2, 0.25) is 0 Å². The lowest BCUT2D eigenvalue weighted by atomic mass is 9.67. The zero-order valence-corrected chi connectivity index (χ0v) is 14.2. The number of esters is 1. The second kappa shape index (κ2) is 3.53. The first-order valence-corrected chi connectivity index (χ1v) is 9.81. The number of cyclic esters (lactones) is 1. The summed E-state index contributed by atoms with van der Waals surface area (Å²) in [4.78, 5) is 12.5. The summed E-state index contributed by atoms with van der Waals surface area (Å²) in [7, 11) is -3.56. The largest absolute Gasteiger partial charge is 0.465 e. The highest BCUT2D eigenvalue weighted by Crippen LogP contribution is 2.85. The first-order valence-electron chi connectivity index (χ1n) is 7.99. The van der Waals surface area contributed by atoms with Crippen molar-refractivity contribution in [1.82, 2.24) is 0 Å². The van der Waals surface area contributed by atoms with Gasteiger partial charge in [0.05, 0.1) is 24.9 Å². The van der Waals surface area contributed by atoms with E-state index < -0.39 is 20.9 Å². The van der Waals surface area contributed by atoms with E-state index in [0.29, 0.717) is 13.0 Å². The van der Waals surface area contributed by atoms with Crippen LogP contribution in [0.1, 0.15) is 26.7 Å². The highest BCUT2D eigenvalue weighted by molar-refractivity contribution is 7.85. The average Bonchev–Trinajstić information content (AvgIpc) is 3.21. The van der Waals surface area contributed by atoms with Gasteiger partial charge in [-0.3, -0.25) is 8.98 Å². The van der Waals surface area contributed by atoms with Crippen molar-refractivity contribution in [2.45, 2.75) is 38.4 Å². The molecule has 126 valence electrons. The number of allylic oxidation sites excluding steroid dienone is 1. The molecule has 0 amide bonds. The fourth-order valence-electron chi connectivity index (χ4n) is 5.78. The van der Waals surface area contributed by atoms with Gasteiger partial charge in [0.15, 0.2) is 0 Å². The second-order valence-electron chi connectivity index (χ2n) is 8.57. The predicted octanol–water partition coefficient (Wildman–Crippen LogP) is 1.02. The molecule has 5 atom stereocenters. The Morgan fingerprint density at radius 1 is 1.35 bits per heavy atom.